The number of nitrogens with zero attached hydrogens (tertiary/aromatic N) is 2. The van der Waals surface area contributed by atoms with Crippen molar-refractivity contribution in [2.24, 2.45) is 5.92 Å². The molecule has 0 aliphatic carbocycles. The number of benzene rings is 2. The molecule has 0 amide bonds. The first-order chi connectivity index (χ1) is 23.9. The Morgan fingerprint density at radius 3 is 1.86 bits per heavy atom. The number of carboxylic acids is 2. The molecule has 1 aromatic heterocycles. The number of alkyl halides is 6. The fraction of sp³-hybridized carbons (Fsp3) is 0.556. The monoisotopic (exact) mass is 731 g/mol. The van der Waals surface area contributed by atoms with E-state index in [1.54, 1.807) is 14.2 Å². The molecule has 0 radical (unpaired) electrons. The van der Waals surface area contributed by atoms with Gasteiger partial charge in [0.25, 0.3) is 0 Å². The van der Waals surface area contributed by atoms with Crippen molar-refractivity contribution >= 4 is 22.8 Å². The molecule has 284 valence electrons. The standard InChI is InChI=1S/C32H45N3O2.2C2HF3O2/c1-6-27-28-19-24(7-9-29(28)33-32(27)25-8-10-30(36-4)31(20-25)37-5)23-11-17-35(18-12-23)26-13-15-34(16-14-26)21-22(2)3;2*3-2(4,5)1(6)7/h7-10,19-20,22-23,26,33H,6,11-18,21H2,1-5H3;2*(H,6,7). The van der Waals surface area contributed by atoms with E-state index in [0.717, 1.165) is 35.4 Å². The molecule has 51 heavy (non-hydrogen) atoms. The number of carbonyl (C=O) groups is 2. The van der Waals surface area contributed by atoms with Gasteiger partial charge in [0.2, 0.25) is 0 Å². The Kier molecular flexibility index (Phi) is 14.6. The average Bonchev–Trinajstić information content (AvgIpc) is 3.46. The maximum absolute atomic E-state index is 10.6. The zero-order chi connectivity index (χ0) is 38.1. The number of aliphatic carboxylic acids is 2. The van der Waals surface area contributed by atoms with Gasteiger partial charge in [-0.2, -0.15) is 26.3 Å². The van der Waals surface area contributed by atoms with Crippen LogP contribution >= 0.6 is 0 Å². The summed E-state index contributed by atoms with van der Waals surface area (Å²) in [7, 11) is 3.38. The van der Waals surface area contributed by atoms with Gasteiger partial charge in [-0.3, -0.25) is 0 Å². The quantitative estimate of drug-likeness (QED) is 0.200. The smallest absolute Gasteiger partial charge is 0.490 e. The summed E-state index contributed by atoms with van der Waals surface area (Å²) in [6.07, 6.45) is -3.96. The van der Waals surface area contributed by atoms with Gasteiger partial charge in [0.15, 0.2) is 11.5 Å². The van der Waals surface area contributed by atoms with Crippen LogP contribution in [0, 0.1) is 5.92 Å². The van der Waals surface area contributed by atoms with Gasteiger partial charge in [0.05, 0.1) is 14.2 Å². The van der Waals surface area contributed by atoms with Gasteiger partial charge in [-0.05, 0) is 112 Å². The number of piperidine rings is 2. The second kappa shape index (κ2) is 18.0. The van der Waals surface area contributed by atoms with Gasteiger partial charge in [-0.15, -0.1) is 0 Å². The predicted octanol–water partition coefficient (Wildman–Crippen LogP) is 7.98. The van der Waals surface area contributed by atoms with Crippen LogP contribution in [0.3, 0.4) is 0 Å². The van der Waals surface area contributed by atoms with Crippen molar-refractivity contribution in [3.05, 3.63) is 47.5 Å². The third-order valence-electron chi connectivity index (χ3n) is 9.14. The zero-order valence-corrected chi connectivity index (χ0v) is 29.5. The number of aromatic nitrogens is 1. The number of ether oxygens (including phenoxy) is 2. The van der Waals surface area contributed by atoms with Crippen molar-refractivity contribution < 1.29 is 55.6 Å². The molecule has 0 atom stereocenters. The number of rotatable bonds is 8. The van der Waals surface area contributed by atoms with Crippen LogP contribution in [0.15, 0.2) is 36.4 Å². The summed E-state index contributed by atoms with van der Waals surface area (Å²) in [5.41, 5.74) is 6.44. The highest BCUT2D eigenvalue weighted by atomic mass is 19.4. The minimum absolute atomic E-state index is 0.658. The van der Waals surface area contributed by atoms with E-state index in [4.69, 9.17) is 29.3 Å². The summed E-state index contributed by atoms with van der Waals surface area (Å²) < 4.78 is 74.5. The fourth-order valence-corrected chi connectivity index (χ4v) is 6.71. The van der Waals surface area contributed by atoms with Gasteiger partial charge >= 0.3 is 24.3 Å². The second-order valence-corrected chi connectivity index (χ2v) is 13.0. The molecule has 2 aliphatic rings. The Hall–Kier alpha value is -3.98. The second-order valence-electron chi connectivity index (χ2n) is 13.0. The van der Waals surface area contributed by atoms with Crippen molar-refractivity contribution in [3.63, 3.8) is 0 Å². The first-order valence-electron chi connectivity index (χ1n) is 16.8. The van der Waals surface area contributed by atoms with Crippen LogP contribution in [0.4, 0.5) is 26.3 Å². The molecular weight excluding hydrogens is 684 g/mol. The molecule has 0 unspecified atom stereocenters. The lowest BCUT2D eigenvalue weighted by molar-refractivity contribution is -0.193. The van der Waals surface area contributed by atoms with E-state index in [1.807, 2.05) is 6.07 Å². The SMILES string of the molecule is CCc1c(-c2ccc(OC)c(OC)c2)[nH]c2ccc(C3CCN(C4CCN(CC(C)C)CC4)CC3)cc12.O=C(O)C(F)(F)F.O=C(O)C(F)(F)F. The van der Waals surface area contributed by atoms with Gasteiger partial charge in [0, 0.05) is 34.7 Å². The topological polar surface area (TPSA) is 115 Å². The largest absolute Gasteiger partial charge is 0.493 e. The van der Waals surface area contributed by atoms with Crippen LogP contribution in [0.1, 0.15) is 63.5 Å². The van der Waals surface area contributed by atoms with Crippen molar-refractivity contribution in [1.29, 1.82) is 0 Å². The van der Waals surface area contributed by atoms with E-state index in [-0.39, 0.29) is 0 Å². The normalized spacial score (nSPS) is 16.6. The number of hydrogen-bond donors (Lipinski definition) is 3. The Morgan fingerprint density at radius 2 is 1.39 bits per heavy atom. The molecule has 0 bridgehead atoms. The number of halogens is 6. The van der Waals surface area contributed by atoms with Crippen LogP contribution in [0.25, 0.3) is 22.2 Å². The first-order valence-corrected chi connectivity index (χ1v) is 16.8. The minimum atomic E-state index is -5.08. The lowest BCUT2D eigenvalue weighted by Gasteiger charge is -2.42. The Morgan fingerprint density at radius 1 is 0.843 bits per heavy atom. The Balaban J connectivity index is 0.000000424. The molecule has 2 aromatic carbocycles. The molecule has 2 saturated heterocycles. The molecule has 3 N–H and O–H groups in total. The van der Waals surface area contributed by atoms with E-state index >= 15 is 0 Å². The molecule has 0 saturated carbocycles. The van der Waals surface area contributed by atoms with Crippen LogP contribution in [0.5, 0.6) is 11.5 Å². The molecule has 2 aliphatic heterocycles. The summed E-state index contributed by atoms with van der Waals surface area (Å²) in [5, 5.41) is 15.6. The predicted molar refractivity (Wildman–Crippen MR) is 181 cm³/mol. The number of aryl methyl sites for hydroxylation is 1. The lowest BCUT2D eigenvalue weighted by atomic mass is 9.87. The number of fused-ring (bicyclic) bond motifs is 1. The maximum Gasteiger partial charge on any atom is 0.490 e. The van der Waals surface area contributed by atoms with E-state index < -0.39 is 24.3 Å². The van der Waals surface area contributed by atoms with E-state index in [2.05, 4.69) is 65.9 Å². The summed E-state index contributed by atoms with van der Waals surface area (Å²) in [6, 6.07) is 14.1. The van der Waals surface area contributed by atoms with E-state index in [0.29, 0.717) is 5.92 Å². The molecule has 2 fully saturated rings. The van der Waals surface area contributed by atoms with Crippen molar-refractivity contribution in [1.82, 2.24) is 14.8 Å². The summed E-state index contributed by atoms with van der Waals surface area (Å²) >= 11 is 0. The molecule has 0 spiro atoms. The van der Waals surface area contributed by atoms with Crippen molar-refractivity contribution in [2.75, 3.05) is 46.9 Å². The van der Waals surface area contributed by atoms with Gasteiger partial charge < -0.3 is 34.5 Å². The highest BCUT2D eigenvalue weighted by Gasteiger charge is 2.39. The van der Waals surface area contributed by atoms with Gasteiger partial charge in [-0.1, -0.05) is 26.8 Å². The highest BCUT2D eigenvalue weighted by Crippen LogP contribution is 2.38. The maximum atomic E-state index is 10.6. The van der Waals surface area contributed by atoms with Crippen LogP contribution in [0.2, 0.25) is 0 Å². The van der Waals surface area contributed by atoms with Crippen LogP contribution in [-0.2, 0) is 16.0 Å². The Labute approximate surface area is 293 Å². The average molecular weight is 732 g/mol. The minimum Gasteiger partial charge on any atom is -0.493 e. The van der Waals surface area contributed by atoms with Crippen molar-refractivity contribution in [3.8, 4) is 22.8 Å². The number of nitrogens with one attached hydrogen (secondary N) is 1. The summed E-state index contributed by atoms with van der Waals surface area (Å²) in [6.45, 7) is 13.2. The third-order valence-corrected chi connectivity index (χ3v) is 9.14. The molecule has 9 nitrogen and oxygen atoms in total. The van der Waals surface area contributed by atoms with Crippen LogP contribution in [-0.4, -0.2) is 102 Å². The van der Waals surface area contributed by atoms with Crippen LogP contribution < -0.4 is 9.47 Å². The number of carboxylic acid groups (broad SMARTS) is 2. The van der Waals surface area contributed by atoms with Gasteiger partial charge in [-0.25, -0.2) is 9.59 Å². The number of likely N-dealkylation sites (tertiary alicyclic amines) is 2. The first kappa shape index (κ1) is 41.4. The number of aromatic amines is 1. The molecule has 3 aromatic rings. The number of H-pyrrole nitrogens is 1. The van der Waals surface area contributed by atoms with E-state index in [9.17, 15) is 26.3 Å². The molecule has 5 rings (SSSR count). The molecule has 15 heteroatoms. The van der Waals surface area contributed by atoms with Gasteiger partial charge in [0.1, 0.15) is 0 Å². The number of methoxy groups -OCH3 is 2. The summed E-state index contributed by atoms with van der Waals surface area (Å²) in [4.78, 5) is 27.0. The Bertz CT molecular complexity index is 1570. The molecule has 3 heterocycles. The highest BCUT2D eigenvalue weighted by molar-refractivity contribution is 5.91. The molecular formula is C36H47F6N3O6. The fourth-order valence-electron chi connectivity index (χ4n) is 6.71. The lowest BCUT2D eigenvalue weighted by Crippen LogP contribution is -2.48. The van der Waals surface area contributed by atoms with E-state index in [1.165, 1.54) is 86.1 Å². The number of hydrogen-bond acceptors (Lipinski definition) is 6. The zero-order valence-electron chi connectivity index (χ0n) is 29.5. The third kappa shape index (κ3) is 11.5. The van der Waals surface area contributed by atoms with Crippen molar-refractivity contribution in [2.45, 2.75) is 77.2 Å². The summed E-state index contributed by atoms with van der Waals surface area (Å²) in [5.74, 6) is -2.56.